The lowest BCUT2D eigenvalue weighted by Crippen LogP contribution is -2.29. The average Bonchev–Trinajstić information content (AvgIpc) is 3.03. The smallest absolute Gasteiger partial charge is 0.126 e. The third-order valence-electron chi connectivity index (χ3n) is 4.41. The number of aryl methyl sites for hydroxylation is 2. The van der Waals surface area contributed by atoms with Crippen LogP contribution in [0.25, 0.3) is 10.9 Å². The highest BCUT2D eigenvalue weighted by Gasteiger charge is 2.05. The second-order valence-corrected chi connectivity index (χ2v) is 6.54. The van der Waals surface area contributed by atoms with Crippen molar-refractivity contribution in [1.29, 1.82) is 0 Å². The fourth-order valence-electron chi connectivity index (χ4n) is 3.04. The van der Waals surface area contributed by atoms with Gasteiger partial charge in [-0.3, -0.25) is 5.10 Å². The Morgan fingerprint density at radius 2 is 2.00 bits per heavy atom. The van der Waals surface area contributed by atoms with Gasteiger partial charge in [0.1, 0.15) is 5.82 Å². The number of H-pyrrole nitrogens is 1. The quantitative estimate of drug-likeness (QED) is 0.640. The SMILES string of the molecule is Cc1cc(CC(C)NCCCc2ccc3cn[nH]c3c2)ccc1F. The van der Waals surface area contributed by atoms with Gasteiger partial charge >= 0.3 is 0 Å². The first-order chi connectivity index (χ1) is 11.6. The standard InChI is InChI=1S/C20H24FN3/c1-14-10-17(6-8-19(14)21)11-15(2)22-9-3-4-16-5-7-18-13-23-24-20(18)12-16/h5-8,10,12-13,15,22H,3-4,9,11H2,1-2H3,(H,23,24). The maximum Gasteiger partial charge on any atom is 0.126 e. The number of aromatic nitrogens is 2. The highest BCUT2D eigenvalue weighted by molar-refractivity contribution is 5.78. The Kier molecular flexibility index (Phi) is 5.26. The van der Waals surface area contributed by atoms with Crippen LogP contribution < -0.4 is 5.32 Å². The minimum Gasteiger partial charge on any atom is -0.314 e. The van der Waals surface area contributed by atoms with Gasteiger partial charge in [-0.1, -0.05) is 24.3 Å². The van der Waals surface area contributed by atoms with E-state index in [1.165, 1.54) is 11.1 Å². The predicted molar refractivity (Wildman–Crippen MR) is 96.7 cm³/mol. The van der Waals surface area contributed by atoms with E-state index in [9.17, 15) is 4.39 Å². The summed E-state index contributed by atoms with van der Waals surface area (Å²) >= 11 is 0. The molecule has 0 spiro atoms. The lowest BCUT2D eigenvalue weighted by Gasteiger charge is -2.14. The van der Waals surface area contributed by atoms with Gasteiger partial charge < -0.3 is 5.32 Å². The molecule has 24 heavy (non-hydrogen) atoms. The van der Waals surface area contributed by atoms with E-state index >= 15 is 0 Å². The third-order valence-corrected chi connectivity index (χ3v) is 4.41. The zero-order valence-electron chi connectivity index (χ0n) is 14.3. The number of rotatable bonds is 7. The molecule has 0 radical (unpaired) electrons. The molecule has 4 heteroatoms. The third kappa shape index (κ3) is 4.20. The van der Waals surface area contributed by atoms with Crippen molar-refractivity contribution < 1.29 is 4.39 Å². The molecule has 0 amide bonds. The van der Waals surface area contributed by atoms with Gasteiger partial charge in [0.25, 0.3) is 0 Å². The summed E-state index contributed by atoms with van der Waals surface area (Å²) in [6.45, 7) is 4.96. The van der Waals surface area contributed by atoms with Crippen molar-refractivity contribution in [3.05, 3.63) is 65.1 Å². The van der Waals surface area contributed by atoms with Crippen molar-refractivity contribution in [2.45, 2.75) is 39.2 Å². The molecule has 2 aromatic carbocycles. The molecule has 0 bridgehead atoms. The minimum atomic E-state index is -0.131. The topological polar surface area (TPSA) is 40.7 Å². The first kappa shape index (κ1) is 16.7. The summed E-state index contributed by atoms with van der Waals surface area (Å²) in [6.07, 6.45) is 4.90. The molecule has 1 atom stereocenters. The molecule has 3 rings (SSSR count). The highest BCUT2D eigenvalue weighted by Crippen LogP contribution is 2.14. The molecule has 0 saturated carbocycles. The summed E-state index contributed by atoms with van der Waals surface area (Å²) in [5.41, 5.74) is 4.32. The van der Waals surface area contributed by atoms with Gasteiger partial charge in [0.2, 0.25) is 0 Å². The number of hydrogen-bond acceptors (Lipinski definition) is 2. The van der Waals surface area contributed by atoms with E-state index in [1.54, 1.807) is 6.07 Å². The van der Waals surface area contributed by atoms with Crippen molar-refractivity contribution in [2.75, 3.05) is 6.54 Å². The van der Waals surface area contributed by atoms with E-state index in [-0.39, 0.29) is 5.82 Å². The second kappa shape index (κ2) is 7.58. The predicted octanol–water partition coefficient (Wildman–Crippen LogP) is 4.16. The largest absolute Gasteiger partial charge is 0.314 e. The fourth-order valence-corrected chi connectivity index (χ4v) is 3.04. The van der Waals surface area contributed by atoms with Crippen molar-refractivity contribution in [2.24, 2.45) is 0 Å². The van der Waals surface area contributed by atoms with Crippen LogP contribution in [0.15, 0.2) is 42.6 Å². The Morgan fingerprint density at radius 3 is 2.83 bits per heavy atom. The molecule has 3 aromatic rings. The first-order valence-electron chi connectivity index (χ1n) is 8.52. The molecule has 0 aliphatic carbocycles. The molecular formula is C20H24FN3. The van der Waals surface area contributed by atoms with E-state index in [2.05, 4.69) is 40.6 Å². The van der Waals surface area contributed by atoms with E-state index in [0.717, 1.165) is 36.7 Å². The highest BCUT2D eigenvalue weighted by atomic mass is 19.1. The average molecular weight is 325 g/mol. The van der Waals surface area contributed by atoms with Crippen molar-refractivity contribution in [3.8, 4) is 0 Å². The number of fused-ring (bicyclic) bond motifs is 1. The Labute approximate surface area is 142 Å². The van der Waals surface area contributed by atoms with Crippen molar-refractivity contribution in [3.63, 3.8) is 0 Å². The number of nitrogens with zero attached hydrogens (tertiary/aromatic N) is 1. The van der Waals surface area contributed by atoms with Crippen LogP contribution >= 0.6 is 0 Å². The molecular weight excluding hydrogens is 301 g/mol. The van der Waals surface area contributed by atoms with Crippen molar-refractivity contribution in [1.82, 2.24) is 15.5 Å². The summed E-state index contributed by atoms with van der Waals surface area (Å²) in [5.74, 6) is -0.131. The van der Waals surface area contributed by atoms with Crippen molar-refractivity contribution >= 4 is 10.9 Å². The van der Waals surface area contributed by atoms with Crippen LogP contribution in [-0.2, 0) is 12.8 Å². The van der Waals surface area contributed by atoms with Crippen LogP contribution in [0, 0.1) is 12.7 Å². The molecule has 1 unspecified atom stereocenters. The van der Waals surface area contributed by atoms with Gasteiger partial charge in [-0.2, -0.15) is 5.10 Å². The minimum absolute atomic E-state index is 0.131. The lowest BCUT2D eigenvalue weighted by atomic mass is 10.0. The van der Waals surface area contributed by atoms with Gasteiger partial charge in [0.15, 0.2) is 0 Å². The van der Waals surface area contributed by atoms with Crippen LogP contribution in [0.2, 0.25) is 0 Å². The summed E-state index contributed by atoms with van der Waals surface area (Å²) in [4.78, 5) is 0. The van der Waals surface area contributed by atoms with E-state index in [1.807, 2.05) is 25.3 Å². The summed E-state index contributed by atoms with van der Waals surface area (Å²) in [7, 11) is 0. The molecule has 2 N–H and O–H groups in total. The molecule has 0 aliphatic heterocycles. The van der Waals surface area contributed by atoms with Gasteiger partial charge in [-0.15, -0.1) is 0 Å². The second-order valence-electron chi connectivity index (χ2n) is 6.54. The molecule has 126 valence electrons. The van der Waals surface area contributed by atoms with Gasteiger partial charge in [-0.05, 0) is 68.5 Å². The molecule has 1 aromatic heterocycles. The lowest BCUT2D eigenvalue weighted by molar-refractivity contribution is 0.533. The Morgan fingerprint density at radius 1 is 1.17 bits per heavy atom. The molecule has 0 fully saturated rings. The zero-order chi connectivity index (χ0) is 16.9. The van der Waals surface area contributed by atoms with E-state index < -0.39 is 0 Å². The van der Waals surface area contributed by atoms with Gasteiger partial charge in [0, 0.05) is 11.4 Å². The van der Waals surface area contributed by atoms with Crippen LogP contribution in [0.1, 0.15) is 30.0 Å². The summed E-state index contributed by atoms with van der Waals surface area (Å²) in [6, 6.07) is 12.2. The molecule has 0 aliphatic rings. The van der Waals surface area contributed by atoms with Crippen LogP contribution in [0.4, 0.5) is 4.39 Å². The number of benzene rings is 2. The Bertz CT molecular complexity index is 810. The number of aromatic amines is 1. The van der Waals surface area contributed by atoms with Gasteiger partial charge in [-0.25, -0.2) is 4.39 Å². The molecule has 0 saturated heterocycles. The Hall–Kier alpha value is -2.20. The molecule has 3 nitrogen and oxygen atoms in total. The number of nitrogens with one attached hydrogen (secondary N) is 2. The molecule has 1 heterocycles. The summed E-state index contributed by atoms with van der Waals surface area (Å²) < 4.78 is 13.3. The van der Waals surface area contributed by atoms with Crippen LogP contribution in [-0.4, -0.2) is 22.8 Å². The maximum atomic E-state index is 13.3. The maximum absolute atomic E-state index is 13.3. The van der Waals surface area contributed by atoms with E-state index in [4.69, 9.17) is 0 Å². The fraction of sp³-hybridized carbons (Fsp3) is 0.350. The van der Waals surface area contributed by atoms with Gasteiger partial charge in [0.05, 0.1) is 11.7 Å². The normalized spacial score (nSPS) is 12.6. The zero-order valence-corrected chi connectivity index (χ0v) is 14.3. The monoisotopic (exact) mass is 325 g/mol. The number of hydrogen-bond donors (Lipinski definition) is 2. The first-order valence-corrected chi connectivity index (χ1v) is 8.52. The summed E-state index contributed by atoms with van der Waals surface area (Å²) in [5, 5.41) is 11.8. The number of halogens is 1. The Balaban J connectivity index is 1.43. The van der Waals surface area contributed by atoms with Crippen LogP contribution in [0.3, 0.4) is 0 Å². The van der Waals surface area contributed by atoms with Crippen LogP contribution in [0.5, 0.6) is 0 Å². The van der Waals surface area contributed by atoms with E-state index in [0.29, 0.717) is 11.6 Å².